The van der Waals surface area contributed by atoms with Gasteiger partial charge in [-0.2, -0.15) is 13.2 Å². The summed E-state index contributed by atoms with van der Waals surface area (Å²) in [7, 11) is 1.42. The number of alkyl halides is 3. The van der Waals surface area contributed by atoms with E-state index in [1.807, 2.05) is 0 Å². The van der Waals surface area contributed by atoms with Crippen molar-refractivity contribution in [3.8, 4) is 16.9 Å². The first-order valence-electron chi connectivity index (χ1n) is 5.61. The number of pyridine rings is 1. The van der Waals surface area contributed by atoms with Crippen LogP contribution in [0.25, 0.3) is 11.1 Å². The number of hydrogen-bond donors (Lipinski definition) is 0. The molecule has 1 aromatic carbocycles. The maximum Gasteiger partial charge on any atom is 0.416 e. The van der Waals surface area contributed by atoms with Crippen molar-refractivity contribution in [1.29, 1.82) is 0 Å². The minimum atomic E-state index is -4.47. The second kappa shape index (κ2) is 5.32. The van der Waals surface area contributed by atoms with Crippen molar-refractivity contribution in [2.45, 2.75) is 6.18 Å². The Hall–Kier alpha value is -2.37. The van der Waals surface area contributed by atoms with Gasteiger partial charge in [0, 0.05) is 17.3 Å². The Morgan fingerprint density at radius 1 is 1.20 bits per heavy atom. The molecule has 0 aliphatic rings. The third kappa shape index (κ3) is 2.79. The van der Waals surface area contributed by atoms with E-state index in [4.69, 9.17) is 4.74 Å². The van der Waals surface area contributed by atoms with Crippen molar-refractivity contribution in [2.75, 3.05) is 7.11 Å². The van der Waals surface area contributed by atoms with E-state index in [2.05, 4.69) is 4.98 Å². The van der Waals surface area contributed by atoms with Gasteiger partial charge in [-0.15, -0.1) is 0 Å². The normalized spacial score (nSPS) is 11.2. The number of carbonyl (C=O) groups is 1. The molecular formula is C14H10F3NO2. The van der Waals surface area contributed by atoms with Crippen LogP contribution >= 0.6 is 0 Å². The molecule has 2 rings (SSSR count). The molecule has 0 saturated heterocycles. The van der Waals surface area contributed by atoms with E-state index in [9.17, 15) is 18.0 Å². The van der Waals surface area contributed by atoms with E-state index in [0.29, 0.717) is 17.6 Å². The number of rotatable bonds is 3. The molecule has 0 saturated carbocycles. The molecule has 0 radical (unpaired) electrons. The van der Waals surface area contributed by atoms with Gasteiger partial charge >= 0.3 is 6.18 Å². The summed E-state index contributed by atoms with van der Waals surface area (Å²) >= 11 is 0. The lowest BCUT2D eigenvalue weighted by Crippen LogP contribution is -2.05. The van der Waals surface area contributed by atoms with Crippen LogP contribution in [-0.2, 0) is 6.18 Å². The predicted molar refractivity (Wildman–Crippen MR) is 66.6 cm³/mol. The van der Waals surface area contributed by atoms with Gasteiger partial charge in [-0.1, -0.05) is 6.07 Å². The summed E-state index contributed by atoms with van der Waals surface area (Å²) in [4.78, 5) is 14.9. The van der Waals surface area contributed by atoms with Crippen molar-refractivity contribution < 1.29 is 22.7 Å². The van der Waals surface area contributed by atoms with Gasteiger partial charge in [0.05, 0.1) is 18.9 Å². The van der Waals surface area contributed by atoms with Gasteiger partial charge in [0.1, 0.15) is 5.75 Å². The summed E-state index contributed by atoms with van der Waals surface area (Å²) in [6.07, 6.45) is -1.15. The van der Waals surface area contributed by atoms with E-state index < -0.39 is 11.7 Å². The third-order valence-electron chi connectivity index (χ3n) is 2.77. The van der Waals surface area contributed by atoms with Gasteiger partial charge in [-0.05, 0) is 23.8 Å². The van der Waals surface area contributed by atoms with Crippen molar-refractivity contribution in [3.05, 3.63) is 47.8 Å². The molecule has 0 unspecified atom stereocenters. The van der Waals surface area contributed by atoms with E-state index in [1.165, 1.54) is 25.6 Å². The minimum Gasteiger partial charge on any atom is -0.495 e. The molecule has 0 spiro atoms. The van der Waals surface area contributed by atoms with E-state index in [-0.39, 0.29) is 11.1 Å². The van der Waals surface area contributed by atoms with E-state index in [1.54, 1.807) is 0 Å². The molecule has 0 N–H and O–H groups in total. The van der Waals surface area contributed by atoms with Crippen molar-refractivity contribution in [2.24, 2.45) is 0 Å². The van der Waals surface area contributed by atoms with Gasteiger partial charge in [-0.25, -0.2) is 0 Å². The van der Waals surface area contributed by atoms with Gasteiger partial charge in [-0.3, -0.25) is 9.78 Å². The first-order chi connectivity index (χ1) is 9.45. The average Bonchev–Trinajstić information content (AvgIpc) is 2.45. The largest absolute Gasteiger partial charge is 0.495 e. The summed E-state index contributed by atoms with van der Waals surface area (Å²) in [5.74, 6) is 0.400. The van der Waals surface area contributed by atoms with Crippen LogP contribution in [0.2, 0.25) is 0 Å². The molecule has 0 aliphatic heterocycles. The van der Waals surface area contributed by atoms with Crippen LogP contribution in [0.4, 0.5) is 13.2 Å². The Balaban J connectivity index is 2.61. The Morgan fingerprint density at radius 2 is 1.95 bits per heavy atom. The highest BCUT2D eigenvalue weighted by Crippen LogP contribution is 2.34. The monoisotopic (exact) mass is 281 g/mol. The molecule has 0 bridgehead atoms. The minimum absolute atomic E-state index is 0.160. The number of benzene rings is 1. The number of halogens is 3. The van der Waals surface area contributed by atoms with Crippen LogP contribution in [0.3, 0.4) is 0 Å². The van der Waals surface area contributed by atoms with Crippen molar-refractivity contribution >= 4 is 6.29 Å². The number of ether oxygens (including phenoxy) is 1. The van der Waals surface area contributed by atoms with Crippen LogP contribution in [0.15, 0.2) is 36.7 Å². The molecule has 20 heavy (non-hydrogen) atoms. The second-order valence-corrected chi connectivity index (χ2v) is 4.03. The fourth-order valence-corrected chi connectivity index (χ4v) is 1.76. The number of carbonyl (C=O) groups excluding carboxylic acids is 1. The molecule has 3 nitrogen and oxygen atoms in total. The molecule has 0 atom stereocenters. The van der Waals surface area contributed by atoms with Crippen LogP contribution < -0.4 is 4.74 Å². The lowest BCUT2D eigenvalue weighted by Gasteiger charge is -2.11. The fourth-order valence-electron chi connectivity index (χ4n) is 1.76. The Labute approximate surface area is 113 Å². The molecule has 0 amide bonds. The molecule has 0 fully saturated rings. The van der Waals surface area contributed by atoms with Crippen molar-refractivity contribution in [3.63, 3.8) is 0 Å². The average molecular weight is 281 g/mol. The van der Waals surface area contributed by atoms with Gasteiger partial charge in [0.15, 0.2) is 6.29 Å². The first kappa shape index (κ1) is 14.0. The predicted octanol–water partition coefficient (Wildman–Crippen LogP) is 3.59. The molecule has 1 aromatic heterocycles. The summed E-state index contributed by atoms with van der Waals surface area (Å²) in [5.41, 5.74) is -0.104. The highest BCUT2D eigenvalue weighted by atomic mass is 19.4. The van der Waals surface area contributed by atoms with Crippen molar-refractivity contribution in [1.82, 2.24) is 4.98 Å². The molecule has 2 aromatic rings. The molecular weight excluding hydrogens is 271 g/mol. The maximum atomic E-state index is 12.7. The molecule has 1 heterocycles. The smallest absolute Gasteiger partial charge is 0.416 e. The van der Waals surface area contributed by atoms with Crippen LogP contribution in [-0.4, -0.2) is 18.4 Å². The maximum absolute atomic E-state index is 12.7. The molecule has 104 valence electrons. The zero-order valence-corrected chi connectivity index (χ0v) is 10.4. The highest BCUT2D eigenvalue weighted by Gasteiger charge is 2.31. The summed E-state index contributed by atoms with van der Waals surface area (Å²) in [5, 5.41) is 0. The Morgan fingerprint density at radius 3 is 2.55 bits per heavy atom. The number of methoxy groups -OCH3 is 1. The van der Waals surface area contributed by atoms with Gasteiger partial charge in [0.25, 0.3) is 0 Å². The second-order valence-electron chi connectivity index (χ2n) is 4.03. The lowest BCUT2D eigenvalue weighted by atomic mass is 9.99. The SMILES string of the molecule is COc1cncc(-c2cc(C(F)(F)F)ccc2C=O)c1. The number of aldehydes is 1. The van der Waals surface area contributed by atoms with E-state index in [0.717, 1.165) is 18.2 Å². The Kier molecular flexibility index (Phi) is 3.74. The highest BCUT2D eigenvalue weighted by molar-refractivity contribution is 5.87. The fraction of sp³-hybridized carbons (Fsp3) is 0.143. The third-order valence-corrected chi connectivity index (χ3v) is 2.77. The topological polar surface area (TPSA) is 39.2 Å². The quantitative estimate of drug-likeness (QED) is 0.807. The number of nitrogens with zero attached hydrogens (tertiary/aromatic N) is 1. The van der Waals surface area contributed by atoms with Gasteiger partial charge < -0.3 is 4.74 Å². The van der Waals surface area contributed by atoms with E-state index >= 15 is 0 Å². The lowest BCUT2D eigenvalue weighted by molar-refractivity contribution is -0.137. The van der Waals surface area contributed by atoms with Crippen LogP contribution in [0.1, 0.15) is 15.9 Å². The standard InChI is InChI=1S/C14H10F3NO2/c1-20-12-4-10(6-18-7-12)13-5-11(14(15,16)17)3-2-9(13)8-19/h2-8H,1H3. The van der Waals surface area contributed by atoms with Crippen LogP contribution in [0, 0.1) is 0 Å². The summed E-state index contributed by atoms with van der Waals surface area (Å²) in [6, 6.07) is 4.47. The summed E-state index contributed by atoms with van der Waals surface area (Å²) < 4.78 is 43.2. The van der Waals surface area contributed by atoms with Crippen LogP contribution in [0.5, 0.6) is 5.75 Å². The first-order valence-corrected chi connectivity index (χ1v) is 5.61. The Bertz CT molecular complexity index is 639. The summed E-state index contributed by atoms with van der Waals surface area (Å²) in [6.45, 7) is 0. The zero-order chi connectivity index (χ0) is 14.8. The number of aromatic nitrogens is 1. The number of hydrogen-bond acceptors (Lipinski definition) is 3. The molecule has 6 heteroatoms. The zero-order valence-electron chi connectivity index (χ0n) is 10.4. The molecule has 0 aliphatic carbocycles. The van der Waals surface area contributed by atoms with Gasteiger partial charge in [0.2, 0.25) is 0 Å².